The first-order valence-corrected chi connectivity index (χ1v) is 23.0. The average Bonchev–Trinajstić information content (AvgIpc) is 3.72. The van der Waals surface area contributed by atoms with Crippen molar-refractivity contribution in [2.75, 3.05) is 13.1 Å². The summed E-state index contributed by atoms with van der Waals surface area (Å²) in [7, 11) is 0. The van der Waals surface area contributed by atoms with Crippen molar-refractivity contribution < 1.29 is 43.0 Å². The van der Waals surface area contributed by atoms with Gasteiger partial charge in [0.05, 0.1) is 12.5 Å². The molecule has 8 aliphatic carbocycles. The first-order chi connectivity index (χ1) is 29.0. The van der Waals surface area contributed by atoms with Crippen LogP contribution in [0, 0.1) is 47.3 Å². The number of benzene rings is 1. The Hall–Kier alpha value is -4.20. The fourth-order valence-corrected chi connectivity index (χ4v) is 12.7. The number of unbranched alkanes of at least 4 members (excludes halogenated alkanes) is 1. The molecular weight excluding hydrogens is 767 g/mol. The van der Waals surface area contributed by atoms with E-state index in [9.17, 15) is 28.8 Å². The van der Waals surface area contributed by atoms with Crippen LogP contribution in [0.3, 0.4) is 0 Å². The number of hydrogen-bond acceptors (Lipinski definition) is 10. The molecule has 328 valence electrons. The zero-order valence-electron chi connectivity index (χ0n) is 35.1. The van der Waals surface area contributed by atoms with Crippen molar-refractivity contribution in [1.29, 1.82) is 0 Å². The van der Waals surface area contributed by atoms with Gasteiger partial charge >= 0.3 is 18.0 Å². The fourth-order valence-electron chi connectivity index (χ4n) is 12.7. The van der Waals surface area contributed by atoms with E-state index in [0.717, 1.165) is 43.1 Å². The topological polar surface area (TPSA) is 195 Å². The van der Waals surface area contributed by atoms with Crippen molar-refractivity contribution in [3.05, 3.63) is 35.9 Å². The van der Waals surface area contributed by atoms with E-state index in [1.807, 2.05) is 30.3 Å². The number of ether oxygens (including phenoxy) is 3. The van der Waals surface area contributed by atoms with E-state index < -0.39 is 60.2 Å². The monoisotopic (exact) mass is 831 g/mol. The van der Waals surface area contributed by atoms with Crippen molar-refractivity contribution in [1.82, 2.24) is 20.9 Å². The van der Waals surface area contributed by atoms with Gasteiger partial charge in [0.2, 0.25) is 17.7 Å². The molecule has 0 radical (unpaired) electrons. The molecule has 14 nitrogen and oxygen atoms in total. The molecule has 1 saturated heterocycles. The normalized spacial score (nSPS) is 33.4. The van der Waals surface area contributed by atoms with Gasteiger partial charge in [0, 0.05) is 13.1 Å². The molecule has 10 rings (SSSR count). The van der Waals surface area contributed by atoms with Crippen molar-refractivity contribution >= 4 is 35.8 Å². The molecule has 4 atom stereocenters. The number of carbonyl (C=O) groups excluding carboxylic acids is 6. The number of amides is 4. The first kappa shape index (κ1) is 42.5. The minimum atomic E-state index is -1.34. The van der Waals surface area contributed by atoms with Crippen LogP contribution in [0.4, 0.5) is 4.79 Å². The van der Waals surface area contributed by atoms with Crippen LogP contribution in [0.2, 0.25) is 0 Å². The lowest BCUT2D eigenvalue weighted by atomic mass is 9.55. The molecule has 4 amide bonds. The van der Waals surface area contributed by atoms with E-state index in [4.69, 9.17) is 19.9 Å². The number of esters is 2. The molecule has 1 aromatic carbocycles. The second-order valence-electron chi connectivity index (χ2n) is 19.5. The molecular formula is C46H65N5O9. The number of carbonyl (C=O) groups is 6. The minimum absolute atomic E-state index is 0.0115. The van der Waals surface area contributed by atoms with Crippen LogP contribution in [-0.4, -0.2) is 90.1 Å². The fraction of sp³-hybridized carbons (Fsp3) is 0.739. The van der Waals surface area contributed by atoms with Gasteiger partial charge in [-0.05, 0) is 156 Å². The Morgan fingerprint density at radius 3 is 1.93 bits per heavy atom. The van der Waals surface area contributed by atoms with Gasteiger partial charge in [0.1, 0.15) is 36.9 Å². The third kappa shape index (κ3) is 9.95. The first-order valence-electron chi connectivity index (χ1n) is 23.0. The van der Waals surface area contributed by atoms with Crippen LogP contribution in [-0.2, 0) is 44.8 Å². The van der Waals surface area contributed by atoms with Crippen LogP contribution in [0.1, 0.15) is 115 Å². The molecule has 60 heavy (non-hydrogen) atoms. The molecule has 1 aromatic rings. The highest BCUT2D eigenvalue weighted by atomic mass is 16.6. The second kappa shape index (κ2) is 18.8. The Labute approximate surface area is 353 Å². The molecule has 1 aliphatic heterocycles. The summed E-state index contributed by atoms with van der Waals surface area (Å²) in [6.45, 7) is 2.32. The third-order valence-electron chi connectivity index (χ3n) is 15.1. The van der Waals surface area contributed by atoms with Crippen LogP contribution in [0.25, 0.3) is 0 Å². The SMILES string of the molecule is C[C@H](NC(=O)[C@H](CC(=O)OC1C2CC3CC(C2)CC1C3)NC(=O)[C@@H](N)CCCCNC(=O)OC1C2CC3CC(C2)CC1C3)C(=O)N1CCC[C@H]1C(=O)OCc1ccccc1. The standard InChI is InChI=1S/C46H65N5O9/c1-26(44(55)51-13-7-11-38(51)45(56)58-25-27-8-3-2-4-9-27)49-43(54)37(24-39(52)59-40-32-16-28-14-29(18-32)19-33(40)17-28)50-42(53)36(47)10-5-6-12-48-46(57)60-41-34-20-30-15-31(22-34)23-35(41)21-30/h2-4,8-9,26,28-38,40-41H,5-7,10-25,47H2,1H3,(H,48,57)(H,49,54)(H,50,53)/t26-,28?,29?,30?,31?,32?,33?,34?,35?,36-,37-,38-,40?,41?/m0/s1. The molecule has 0 unspecified atom stereocenters. The molecule has 9 fully saturated rings. The zero-order chi connectivity index (χ0) is 41.9. The van der Waals surface area contributed by atoms with Crippen molar-refractivity contribution in [2.45, 2.75) is 153 Å². The summed E-state index contributed by atoms with van der Waals surface area (Å²) in [6.07, 6.45) is 12.9. The third-order valence-corrected chi connectivity index (χ3v) is 15.1. The Bertz CT molecular complexity index is 1680. The van der Waals surface area contributed by atoms with Crippen LogP contribution in [0.15, 0.2) is 30.3 Å². The lowest BCUT2D eigenvalue weighted by Crippen LogP contribution is -2.57. The Balaban J connectivity index is 0.822. The number of likely N-dealkylation sites (tertiary alicyclic amines) is 1. The average molecular weight is 832 g/mol. The van der Waals surface area contributed by atoms with Gasteiger partial charge < -0.3 is 40.8 Å². The number of alkyl carbamates (subject to hydrolysis) is 1. The Morgan fingerprint density at radius 1 is 0.750 bits per heavy atom. The summed E-state index contributed by atoms with van der Waals surface area (Å²) in [4.78, 5) is 81.8. The summed E-state index contributed by atoms with van der Waals surface area (Å²) in [6, 6.07) is 5.12. The van der Waals surface area contributed by atoms with Gasteiger partial charge in [-0.1, -0.05) is 30.3 Å². The molecule has 5 N–H and O–H groups in total. The van der Waals surface area contributed by atoms with Crippen LogP contribution >= 0.6 is 0 Å². The number of nitrogens with zero attached hydrogens (tertiary/aromatic N) is 1. The highest BCUT2D eigenvalue weighted by molar-refractivity contribution is 5.96. The summed E-state index contributed by atoms with van der Waals surface area (Å²) in [5, 5.41) is 8.26. The maximum atomic E-state index is 13.9. The highest BCUT2D eigenvalue weighted by Gasteiger charge is 2.51. The zero-order valence-corrected chi connectivity index (χ0v) is 35.1. The van der Waals surface area contributed by atoms with Gasteiger partial charge in [-0.15, -0.1) is 0 Å². The van der Waals surface area contributed by atoms with Crippen LogP contribution < -0.4 is 21.7 Å². The molecule has 14 heteroatoms. The maximum Gasteiger partial charge on any atom is 0.407 e. The smallest absolute Gasteiger partial charge is 0.407 e. The molecule has 8 saturated carbocycles. The Kier molecular flexibility index (Phi) is 13.3. The van der Waals surface area contributed by atoms with E-state index in [1.54, 1.807) is 0 Å². The molecule has 8 bridgehead atoms. The van der Waals surface area contributed by atoms with Gasteiger partial charge in [-0.3, -0.25) is 19.2 Å². The van der Waals surface area contributed by atoms with E-state index in [2.05, 4.69) is 16.0 Å². The molecule has 9 aliphatic rings. The van der Waals surface area contributed by atoms with Crippen molar-refractivity contribution in [3.63, 3.8) is 0 Å². The van der Waals surface area contributed by atoms with E-state index in [0.29, 0.717) is 74.3 Å². The predicted octanol–water partition coefficient (Wildman–Crippen LogP) is 4.52. The van der Waals surface area contributed by atoms with Gasteiger partial charge in [-0.25, -0.2) is 9.59 Å². The maximum absolute atomic E-state index is 13.9. The summed E-state index contributed by atoms with van der Waals surface area (Å²) in [5.74, 6) is 1.71. The number of nitrogens with one attached hydrogen (secondary N) is 3. The number of rotatable bonds is 17. The summed E-state index contributed by atoms with van der Waals surface area (Å²) in [5.41, 5.74) is 7.15. The summed E-state index contributed by atoms with van der Waals surface area (Å²) >= 11 is 0. The molecule has 0 spiro atoms. The molecule has 0 aromatic heterocycles. The lowest BCUT2D eigenvalue weighted by Gasteiger charge is -2.53. The lowest BCUT2D eigenvalue weighted by molar-refractivity contribution is -0.171. The highest BCUT2D eigenvalue weighted by Crippen LogP contribution is 2.55. The summed E-state index contributed by atoms with van der Waals surface area (Å²) < 4.78 is 17.6. The van der Waals surface area contributed by atoms with Gasteiger partial charge in [-0.2, -0.15) is 0 Å². The van der Waals surface area contributed by atoms with Gasteiger partial charge in [0.25, 0.3) is 0 Å². The number of nitrogens with two attached hydrogens (primary N) is 1. The largest absolute Gasteiger partial charge is 0.462 e. The quantitative estimate of drug-likeness (QED) is 0.0986. The predicted molar refractivity (Wildman–Crippen MR) is 219 cm³/mol. The van der Waals surface area contributed by atoms with E-state index in [-0.39, 0.29) is 31.3 Å². The van der Waals surface area contributed by atoms with Crippen LogP contribution in [0.5, 0.6) is 0 Å². The van der Waals surface area contributed by atoms with Gasteiger partial charge in [0.15, 0.2) is 0 Å². The van der Waals surface area contributed by atoms with Crippen molar-refractivity contribution in [2.24, 2.45) is 53.1 Å². The van der Waals surface area contributed by atoms with E-state index in [1.165, 1.54) is 50.3 Å². The number of hydrogen-bond donors (Lipinski definition) is 4. The second-order valence-corrected chi connectivity index (χ2v) is 19.5. The van der Waals surface area contributed by atoms with E-state index >= 15 is 0 Å². The van der Waals surface area contributed by atoms with Crippen molar-refractivity contribution in [3.8, 4) is 0 Å². The minimum Gasteiger partial charge on any atom is -0.462 e. The Morgan fingerprint density at radius 2 is 1.33 bits per heavy atom. The molecule has 1 heterocycles.